The van der Waals surface area contributed by atoms with Gasteiger partial charge in [0.25, 0.3) is 0 Å². The van der Waals surface area contributed by atoms with E-state index in [4.69, 9.17) is 5.11 Å². The highest BCUT2D eigenvalue weighted by molar-refractivity contribution is 5.55. The Morgan fingerprint density at radius 3 is 2.86 bits per heavy atom. The number of aliphatic hydroxyl groups excluding tert-OH is 1. The fourth-order valence-electron chi connectivity index (χ4n) is 1.17. The summed E-state index contributed by atoms with van der Waals surface area (Å²) in [6.07, 6.45) is 1.17. The van der Waals surface area contributed by atoms with Crippen LogP contribution in [0.2, 0.25) is 0 Å². The largest absolute Gasteiger partial charge is 0.392 e. The SMILES string of the molecule is OCc1cc(F)cc(-c2ncon2)c1. The van der Waals surface area contributed by atoms with Gasteiger partial charge in [0, 0.05) is 5.56 Å². The maximum absolute atomic E-state index is 13.0. The van der Waals surface area contributed by atoms with Crippen LogP contribution in [0, 0.1) is 5.82 Å². The molecule has 0 spiro atoms. The molecule has 2 aromatic rings. The second kappa shape index (κ2) is 3.55. The fourth-order valence-corrected chi connectivity index (χ4v) is 1.17. The lowest BCUT2D eigenvalue weighted by atomic mass is 10.1. The lowest BCUT2D eigenvalue weighted by Gasteiger charge is -1.99. The number of hydrogen-bond acceptors (Lipinski definition) is 4. The van der Waals surface area contributed by atoms with E-state index >= 15 is 0 Å². The standard InChI is InChI=1S/C9H7FN2O2/c10-8-2-6(4-13)1-7(3-8)9-11-5-14-12-9/h1-3,5,13H,4H2. The third kappa shape index (κ3) is 1.62. The zero-order chi connectivity index (χ0) is 9.97. The van der Waals surface area contributed by atoms with Gasteiger partial charge in [-0.3, -0.25) is 0 Å². The normalized spacial score (nSPS) is 10.4. The molecule has 2 rings (SSSR count). The highest BCUT2D eigenvalue weighted by Gasteiger charge is 2.06. The van der Waals surface area contributed by atoms with Gasteiger partial charge in [0.2, 0.25) is 12.2 Å². The average molecular weight is 194 g/mol. The summed E-state index contributed by atoms with van der Waals surface area (Å²) in [5, 5.41) is 12.4. The summed E-state index contributed by atoms with van der Waals surface area (Å²) in [7, 11) is 0. The van der Waals surface area contributed by atoms with Crippen LogP contribution in [-0.4, -0.2) is 15.2 Å². The lowest BCUT2D eigenvalue weighted by molar-refractivity contribution is 0.281. The van der Waals surface area contributed by atoms with Crippen molar-refractivity contribution in [2.24, 2.45) is 0 Å². The Hall–Kier alpha value is -1.75. The van der Waals surface area contributed by atoms with Crippen molar-refractivity contribution in [3.8, 4) is 11.4 Å². The number of benzene rings is 1. The highest BCUT2D eigenvalue weighted by atomic mass is 19.1. The van der Waals surface area contributed by atoms with Gasteiger partial charge in [-0.25, -0.2) is 4.39 Å². The van der Waals surface area contributed by atoms with Crippen molar-refractivity contribution in [3.63, 3.8) is 0 Å². The molecule has 1 aromatic carbocycles. The van der Waals surface area contributed by atoms with E-state index in [1.807, 2.05) is 0 Å². The van der Waals surface area contributed by atoms with Crippen LogP contribution in [0.3, 0.4) is 0 Å². The molecular weight excluding hydrogens is 187 g/mol. The van der Waals surface area contributed by atoms with Crippen LogP contribution in [-0.2, 0) is 6.61 Å². The van der Waals surface area contributed by atoms with E-state index in [9.17, 15) is 4.39 Å². The van der Waals surface area contributed by atoms with Crippen molar-refractivity contribution in [2.45, 2.75) is 6.61 Å². The van der Waals surface area contributed by atoms with E-state index in [1.54, 1.807) is 6.07 Å². The fraction of sp³-hybridized carbons (Fsp3) is 0.111. The van der Waals surface area contributed by atoms with Gasteiger partial charge in [0.15, 0.2) is 0 Å². The number of nitrogens with zero attached hydrogens (tertiary/aromatic N) is 2. The molecule has 14 heavy (non-hydrogen) atoms. The van der Waals surface area contributed by atoms with Crippen LogP contribution < -0.4 is 0 Å². The minimum absolute atomic E-state index is 0.220. The molecule has 0 saturated carbocycles. The van der Waals surface area contributed by atoms with Gasteiger partial charge in [0.05, 0.1) is 6.61 Å². The summed E-state index contributed by atoms with van der Waals surface area (Å²) in [5.41, 5.74) is 0.965. The maximum atomic E-state index is 13.0. The zero-order valence-corrected chi connectivity index (χ0v) is 7.14. The summed E-state index contributed by atoms with van der Waals surface area (Å²) >= 11 is 0. The molecule has 0 aliphatic rings. The van der Waals surface area contributed by atoms with Crippen LogP contribution in [0.5, 0.6) is 0 Å². The van der Waals surface area contributed by atoms with E-state index in [0.717, 1.165) is 0 Å². The zero-order valence-electron chi connectivity index (χ0n) is 7.14. The number of aromatic nitrogens is 2. The molecule has 0 atom stereocenters. The van der Waals surface area contributed by atoms with E-state index < -0.39 is 5.82 Å². The molecule has 4 nitrogen and oxygen atoms in total. The quantitative estimate of drug-likeness (QED) is 0.784. The predicted molar refractivity (Wildman–Crippen MR) is 45.6 cm³/mol. The molecule has 0 aliphatic carbocycles. The number of halogens is 1. The summed E-state index contributed by atoms with van der Waals surface area (Å²) in [6, 6.07) is 4.14. The van der Waals surface area contributed by atoms with Crippen molar-refractivity contribution in [3.05, 3.63) is 36.0 Å². The minimum atomic E-state index is -0.434. The molecule has 0 radical (unpaired) electrons. The van der Waals surface area contributed by atoms with Gasteiger partial charge in [-0.2, -0.15) is 4.98 Å². The van der Waals surface area contributed by atoms with Gasteiger partial charge in [0.1, 0.15) is 5.82 Å². The van der Waals surface area contributed by atoms with Gasteiger partial charge in [-0.1, -0.05) is 5.16 Å². The summed E-state index contributed by atoms with van der Waals surface area (Å²) in [5.74, 6) is -0.129. The molecule has 0 amide bonds. The van der Waals surface area contributed by atoms with Crippen LogP contribution in [0.1, 0.15) is 5.56 Å². The Bertz CT molecular complexity index is 428. The first-order valence-electron chi connectivity index (χ1n) is 3.96. The third-order valence-electron chi connectivity index (χ3n) is 1.76. The van der Waals surface area contributed by atoms with Crippen molar-refractivity contribution in [2.75, 3.05) is 0 Å². The smallest absolute Gasteiger partial charge is 0.214 e. The molecule has 0 unspecified atom stereocenters. The van der Waals surface area contributed by atoms with Crippen LogP contribution in [0.15, 0.2) is 29.1 Å². The van der Waals surface area contributed by atoms with E-state index in [2.05, 4.69) is 14.7 Å². The van der Waals surface area contributed by atoms with Crippen LogP contribution in [0.4, 0.5) is 4.39 Å². The Balaban J connectivity index is 2.48. The molecule has 0 saturated heterocycles. The third-order valence-corrected chi connectivity index (χ3v) is 1.76. The van der Waals surface area contributed by atoms with Crippen molar-refractivity contribution in [1.82, 2.24) is 10.1 Å². The molecule has 72 valence electrons. The van der Waals surface area contributed by atoms with E-state index in [-0.39, 0.29) is 6.61 Å². The number of rotatable bonds is 2. The van der Waals surface area contributed by atoms with Gasteiger partial charge >= 0.3 is 0 Å². The van der Waals surface area contributed by atoms with Crippen molar-refractivity contribution in [1.29, 1.82) is 0 Å². The molecule has 1 heterocycles. The number of aliphatic hydroxyl groups is 1. The highest BCUT2D eigenvalue weighted by Crippen LogP contribution is 2.18. The van der Waals surface area contributed by atoms with E-state index in [1.165, 1.54) is 18.5 Å². The van der Waals surface area contributed by atoms with Crippen molar-refractivity contribution < 1.29 is 14.0 Å². The van der Waals surface area contributed by atoms with Crippen molar-refractivity contribution >= 4 is 0 Å². The molecule has 1 aromatic heterocycles. The Kier molecular flexibility index (Phi) is 2.24. The van der Waals surface area contributed by atoms with Gasteiger partial charge in [-0.05, 0) is 23.8 Å². The molecule has 5 heteroatoms. The summed E-state index contributed by atoms with van der Waals surface area (Å²) in [4.78, 5) is 3.78. The monoisotopic (exact) mass is 194 g/mol. The minimum Gasteiger partial charge on any atom is -0.392 e. The van der Waals surface area contributed by atoms with Crippen LogP contribution in [0.25, 0.3) is 11.4 Å². The van der Waals surface area contributed by atoms with Crippen LogP contribution >= 0.6 is 0 Å². The molecule has 0 aliphatic heterocycles. The van der Waals surface area contributed by atoms with Gasteiger partial charge in [-0.15, -0.1) is 0 Å². The Morgan fingerprint density at radius 2 is 2.21 bits per heavy atom. The molecular formula is C9H7FN2O2. The molecule has 0 bridgehead atoms. The summed E-state index contributed by atoms with van der Waals surface area (Å²) in [6.45, 7) is -0.220. The van der Waals surface area contributed by atoms with E-state index in [0.29, 0.717) is 17.0 Å². The predicted octanol–water partition coefficient (Wildman–Crippen LogP) is 1.37. The first-order valence-corrected chi connectivity index (χ1v) is 3.96. The second-order valence-electron chi connectivity index (χ2n) is 2.76. The maximum Gasteiger partial charge on any atom is 0.214 e. The summed E-state index contributed by atoms with van der Waals surface area (Å²) < 4.78 is 17.5. The topological polar surface area (TPSA) is 59.2 Å². The molecule has 1 N–H and O–H groups in total. The van der Waals surface area contributed by atoms with Gasteiger partial charge < -0.3 is 9.63 Å². The number of hydrogen-bond donors (Lipinski definition) is 1. The Labute approximate surface area is 79.0 Å². The molecule has 0 fully saturated rings. The first-order chi connectivity index (χ1) is 6.79. The second-order valence-corrected chi connectivity index (χ2v) is 2.76. The Morgan fingerprint density at radius 1 is 1.36 bits per heavy atom. The first kappa shape index (κ1) is 8.83. The lowest BCUT2D eigenvalue weighted by Crippen LogP contribution is -1.89. The average Bonchev–Trinajstić information content (AvgIpc) is 2.69.